The molecule has 0 aliphatic heterocycles. The first-order chi connectivity index (χ1) is 10.8. The number of allylic oxidation sites excluding steroid dienone is 4. The Morgan fingerprint density at radius 1 is 0.773 bits per heavy atom. The molecule has 0 spiro atoms. The van der Waals surface area contributed by atoms with Gasteiger partial charge in [-0.2, -0.15) is 0 Å². The van der Waals surface area contributed by atoms with Crippen molar-refractivity contribution in [2.45, 2.75) is 97.8 Å². The lowest BCUT2D eigenvalue weighted by molar-refractivity contribution is 0.341. The predicted octanol–water partition coefficient (Wildman–Crippen LogP) is 7.70. The van der Waals surface area contributed by atoms with Crippen LogP contribution in [0.15, 0.2) is 24.3 Å². The topological polar surface area (TPSA) is 0 Å². The maximum Gasteiger partial charge on any atom is -0.0199 e. The summed E-state index contributed by atoms with van der Waals surface area (Å²) >= 11 is 0. The highest BCUT2D eigenvalue weighted by Gasteiger charge is 2.32. The van der Waals surface area contributed by atoms with Gasteiger partial charge in [0, 0.05) is 0 Å². The molecule has 1 fully saturated rings. The second-order valence-electron chi connectivity index (χ2n) is 7.20. The van der Waals surface area contributed by atoms with Crippen LogP contribution < -0.4 is 0 Å². The van der Waals surface area contributed by atoms with Gasteiger partial charge >= 0.3 is 0 Å². The molecular weight excluding hydrogens is 264 g/mol. The SMILES string of the molecule is CCCC/C=C\C[C@H]1[C@@H](CC)CC[C@@H]1/C=C/CCCCCC. The lowest BCUT2D eigenvalue weighted by Gasteiger charge is -2.21. The van der Waals surface area contributed by atoms with Gasteiger partial charge in [0.2, 0.25) is 0 Å². The van der Waals surface area contributed by atoms with Crippen molar-refractivity contribution in [3.8, 4) is 0 Å². The molecule has 0 aromatic heterocycles. The van der Waals surface area contributed by atoms with Crippen molar-refractivity contribution in [2.24, 2.45) is 17.8 Å². The zero-order chi connectivity index (χ0) is 16.0. The largest absolute Gasteiger partial charge is 0.0885 e. The fraction of sp³-hybridized carbons (Fsp3) is 0.818. The molecule has 0 aromatic rings. The summed E-state index contributed by atoms with van der Waals surface area (Å²) in [6.07, 6.45) is 26.3. The van der Waals surface area contributed by atoms with Crippen molar-refractivity contribution < 1.29 is 0 Å². The Balaban J connectivity index is 2.36. The summed E-state index contributed by atoms with van der Waals surface area (Å²) in [5.41, 5.74) is 0. The molecule has 0 nitrogen and oxygen atoms in total. The van der Waals surface area contributed by atoms with Crippen LogP contribution in [0.3, 0.4) is 0 Å². The van der Waals surface area contributed by atoms with Crippen LogP contribution in [-0.2, 0) is 0 Å². The zero-order valence-corrected chi connectivity index (χ0v) is 15.5. The molecule has 128 valence electrons. The molecule has 3 atom stereocenters. The molecule has 1 aliphatic rings. The maximum atomic E-state index is 2.58. The van der Waals surface area contributed by atoms with Gasteiger partial charge in [0.25, 0.3) is 0 Å². The lowest BCUT2D eigenvalue weighted by Crippen LogP contribution is -2.12. The van der Waals surface area contributed by atoms with Gasteiger partial charge in [0.15, 0.2) is 0 Å². The molecule has 22 heavy (non-hydrogen) atoms. The average Bonchev–Trinajstić information content (AvgIpc) is 2.92. The van der Waals surface area contributed by atoms with Crippen molar-refractivity contribution in [1.82, 2.24) is 0 Å². The number of unbranched alkanes of at least 4 members (excludes halogenated alkanes) is 6. The molecule has 1 rings (SSSR count). The van der Waals surface area contributed by atoms with Crippen molar-refractivity contribution in [2.75, 3.05) is 0 Å². The highest BCUT2D eigenvalue weighted by atomic mass is 14.4. The van der Waals surface area contributed by atoms with Crippen molar-refractivity contribution >= 4 is 0 Å². The van der Waals surface area contributed by atoms with Crippen LogP contribution in [0.2, 0.25) is 0 Å². The quantitative estimate of drug-likeness (QED) is 0.256. The van der Waals surface area contributed by atoms with Crippen LogP contribution in [0, 0.1) is 17.8 Å². The minimum absolute atomic E-state index is 0.854. The van der Waals surface area contributed by atoms with E-state index in [1.165, 1.54) is 77.0 Å². The van der Waals surface area contributed by atoms with Gasteiger partial charge < -0.3 is 0 Å². The number of hydrogen-bond donors (Lipinski definition) is 0. The van der Waals surface area contributed by atoms with Crippen LogP contribution in [0.1, 0.15) is 97.8 Å². The van der Waals surface area contributed by atoms with E-state index < -0.39 is 0 Å². The minimum atomic E-state index is 0.854. The third-order valence-corrected chi connectivity index (χ3v) is 5.46. The standard InChI is InChI=1S/C22H40/c1-4-7-9-11-13-14-16-21-19-18-20(6-3)22(21)17-15-12-10-8-5-2/h12,14-16,20-22H,4-11,13,17-19H2,1-3H3/b15-12-,16-14+/t20-,21-,22-/m0/s1. The zero-order valence-electron chi connectivity index (χ0n) is 15.5. The van der Waals surface area contributed by atoms with Crippen molar-refractivity contribution in [1.29, 1.82) is 0 Å². The summed E-state index contributed by atoms with van der Waals surface area (Å²) < 4.78 is 0. The molecule has 0 heteroatoms. The molecule has 0 amide bonds. The summed E-state index contributed by atoms with van der Waals surface area (Å²) in [4.78, 5) is 0. The van der Waals surface area contributed by atoms with E-state index >= 15 is 0 Å². The number of rotatable bonds is 12. The highest BCUT2D eigenvalue weighted by Crippen LogP contribution is 2.42. The van der Waals surface area contributed by atoms with Gasteiger partial charge in [-0.25, -0.2) is 0 Å². The molecule has 0 radical (unpaired) electrons. The first kappa shape index (κ1) is 19.5. The third kappa shape index (κ3) is 7.65. The van der Waals surface area contributed by atoms with E-state index in [-0.39, 0.29) is 0 Å². The normalized spacial score (nSPS) is 25.7. The molecule has 0 aromatic carbocycles. The van der Waals surface area contributed by atoms with E-state index in [1.807, 2.05) is 0 Å². The van der Waals surface area contributed by atoms with Crippen molar-refractivity contribution in [3.63, 3.8) is 0 Å². The Kier molecular flexibility index (Phi) is 11.5. The molecule has 0 saturated heterocycles. The smallest absolute Gasteiger partial charge is 0.0199 e. The average molecular weight is 305 g/mol. The second kappa shape index (κ2) is 13.0. The fourth-order valence-corrected chi connectivity index (χ4v) is 3.95. The van der Waals surface area contributed by atoms with E-state index in [9.17, 15) is 0 Å². The molecule has 1 saturated carbocycles. The monoisotopic (exact) mass is 304 g/mol. The van der Waals surface area contributed by atoms with E-state index in [0.29, 0.717) is 0 Å². The maximum absolute atomic E-state index is 2.58. The van der Waals surface area contributed by atoms with Gasteiger partial charge in [-0.3, -0.25) is 0 Å². The Hall–Kier alpha value is -0.520. The fourth-order valence-electron chi connectivity index (χ4n) is 3.95. The summed E-state index contributed by atoms with van der Waals surface area (Å²) in [6.45, 7) is 6.95. The van der Waals surface area contributed by atoms with Gasteiger partial charge in [0.1, 0.15) is 0 Å². The Morgan fingerprint density at radius 2 is 1.55 bits per heavy atom. The molecule has 0 N–H and O–H groups in total. The minimum Gasteiger partial charge on any atom is -0.0885 e. The lowest BCUT2D eigenvalue weighted by atomic mass is 9.84. The van der Waals surface area contributed by atoms with Gasteiger partial charge in [-0.05, 0) is 56.3 Å². The first-order valence-electron chi connectivity index (χ1n) is 10.1. The van der Waals surface area contributed by atoms with Crippen molar-refractivity contribution in [3.05, 3.63) is 24.3 Å². The summed E-state index contributed by atoms with van der Waals surface area (Å²) in [6, 6.07) is 0. The summed E-state index contributed by atoms with van der Waals surface area (Å²) in [7, 11) is 0. The van der Waals surface area contributed by atoms with Crippen LogP contribution in [-0.4, -0.2) is 0 Å². The Labute approximate surface area is 140 Å². The Morgan fingerprint density at radius 3 is 2.27 bits per heavy atom. The molecule has 0 unspecified atom stereocenters. The van der Waals surface area contributed by atoms with E-state index in [4.69, 9.17) is 0 Å². The summed E-state index contributed by atoms with van der Waals surface area (Å²) in [5.74, 6) is 2.73. The van der Waals surface area contributed by atoms with E-state index in [2.05, 4.69) is 45.1 Å². The van der Waals surface area contributed by atoms with Crippen LogP contribution in [0.25, 0.3) is 0 Å². The van der Waals surface area contributed by atoms with Crippen LogP contribution in [0.5, 0.6) is 0 Å². The predicted molar refractivity (Wildman–Crippen MR) is 101 cm³/mol. The van der Waals surface area contributed by atoms with E-state index in [0.717, 1.165) is 17.8 Å². The van der Waals surface area contributed by atoms with Crippen LogP contribution in [0.4, 0.5) is 0 Å². The van der Waals surface area contributed by atoms with Gasteiger partial charge in [-0.15, -0.1) is 0 Å². The first-order valence-corrected chi connectivity index (χ1v) is 10.1. The molecule has 0 bridgehead atoms. The molecular formula is C22H40. The van der Waals surface area contributed by atoms with E-state index in [1.54, 1.807) is 0 Å². The second-order valence-corrected chi connectivity index (χ2v) is 7.20. The van der Waals surface area contributed by atoms with Gasteiger partial charge in [0.05, 0.1) is 0 Å². The Bertz CT molecular complexity index is 299. The highest BCUT2D eigenvalue weighted by molar-refractivity contribution is 5.00. The molecule has 0 heterocycles. The molecule has 1 aliphatic carbocycles. The third-order valence-electron chi connectivity index (χ3n) is 5.46. The van der Waals surface area contributed by atoms with Gasteiger partial charge in [-0.1, -0.05) is 83.6 Å². The van der Waals surface area contributed by atoms with Crippen LogP contribution >= 0.6 is 0 Å². The summed E-state index contributed by atoms with van der Waals surface area (Å²) in [5, 5.41) is 0. The number of hydrogen-bond acceptors (Lipinski definition) is 0.